The average molecular weight is 267 g/mol. The molecule has 2 aliphatic heterocycles. The summed E-state index contributed by atoms with van der Waals surface area (Å²) in [5.74, 6) is 1.16. The lowest BCUT2D eigenvalue weighted by Crippen LogP contribution is -2.44. The third kappa shape index (κ3) is 3.93. The Morgan fingerprint density at radius 1 is 1.32 bits per heavy atom. The maximum absolute atomic E-state index is 12.1. The van der Waals surface area contributed by atoms with Gasteiger partial charge in [0, 0.05) is 13.1 Å². The zero-order valence-electron chi connectivity index (χ0n) is 12.7. The lowest BCUT2D eigenvalue weighted by atomic mass is 9.73. The van der Waals surface area contributed by atoms with Crippen molar-refractivity contribution in [3.05, 3.63) is 0 Å². The lowest BCUT2D eigenvalue weighted by Gasteiger charge is -2.40. The highest BCUT2D eigenvalue weighted by atomic mass is 16.1. The third-order valence-corrected chi connectivity index (χ3v) is 4.97. The molecule has 1 unspecified atom stereocenters. The van der Waals surface area contributed by atoms with Gasteiger partial charge in [0.15, 0.2) is 0 Å². The van der Waals surface area contributed by atoms with Gasteiger partial charge in [-0.15, -0.1) is 0 Å². The van der Waals surface area contributed by atoms with Gasteiger partial charge in [0.1, 0.15) is 0 Å². The van der Waals surface area contributed by atoms with Crippen molar-refractivity contribution in [1.82, 2.24) is 15.5 Å². The first-order valence-electron chi connectivity index (χ1n) is 7.66. The number of carbonyl (C=O) groups excluding carboxylic acids is 1. The number of nitrogens with zero attached hydrogens (tertiary/aromatic N) is 1. The molecule has 4 heteroatoms. The van der Waals surface area contributed by atoms with Crippen molar-refractivity contribution in [3.63, 3.8) is 0 Å². The maximum atomic E-state index is 12.1. The van der Waals surface area contributed by atoms with Crippen molar-refractivity contribution in [2.75, 3.05) is 39.8 Å². The topological polar surface area (TPSA) is 44.4 Å². The molecule has 0 aromatic rings. The van der Waals surface area contributed by atoms with E-state index in [9.17, 15) is 4.79 Å². The molecule has 1 atom stereocenters. The first kappa shape index (κ1) is 14.8. The molecule has 4 nitrogen and oxygen atoms in total. The maximum Gasteiger partial charge on any atom is 0.224 e. The molecule has 0 aromatic carbocycles. The normalized spacial score (nSPS) is 26.6. The number of rotatable bonds is 4. The van der Waals surface area contributed by atoms with Crippen molar-refractivity contribution >= 4 is 5.91 Å². The molecule has 2 rings (SSSR count). The fourth-order valence-corrected chi connectivity index (χ4v) is 3.27. The highest BCUT2D eigenvalue weighted by Crippen LogP contribution is 2.34. The Morgan fingerprint density at radius 3 is 2.58 bits per heavy atom. The van der Waals surface area contributed by atoms with Crippen LogP contribution in [-0.4, -0.2) is 50.6 Å². The van der Waals surface area contributed by atoms with Crippen molar-refractivity contribution in [2.45, 2.75) is 33.1 Å². The summed E-state index contributed by atoms with van der Waals surface area (Å²) < 4.78 is 0. The Hall–Kier alpha value is -0.610. The number of piperidine rings is 1. The smallest absolute Gasteiger partial charge is 0.224 e. The molecule has 0 bridgehead atoms. The van der Waals surface area contributed by atoms with Gasteiger partial charge < -0.3 is 15.5 Å². The van der Waals surface area contributed by atoms with Gasteiger partial charge in [-0.2, -0.15) is 0 Å². The van der Waals surface area contributed by atoms with Gasteiger partial charge >= 0.3 is 0 Å². The van der Waals surface area contributed by atoms with E-state index in [-0.39, 0.29) is 17.2 Å². The minimum absolute atomic E-state index is 0.188. The zero-order valence-corrected chi connectivity index (χ0v) is 12.7. The predicted molar refractivity (Wildman–Crippen MR) is 78.0 cm³/mol. The number of carbonyl (C=O) groups is 1. The fraction of sp³-hybridized carbons (Fsp3) is 0.933. The number of likely N-dealkylation sites (tertiary alicyclic amines) is 1. The number of hydrogen-bond acceptors (Lipinski definition) is 3. The summed E-state index contributed by atoms with van der Waals surface area (Å²) in [6.45, 7) is 9.63. The quantitative estimate of drug-likeness (QED) is 0.801. The molecule has 2 saturated heterocycles. The van der Waals surface area contributed by atoms with Crippen LogP contribution in [0.5, 0.6) is 0 Å². The molecule has 0 radical (unpaired) electrons. The minimum atomic E-state index is 0.188. The van der Waals surface area contributed by atoms with E-state index in [0.717, 1.165) is 32.0 Å². The number of hydrogen-bond donors (Lipinski definition) is 2. The Bertz CT molecular complexity index is 303. The van der Waals surface area contributed by atoms with E-state index in [1.807, 2.05) is 0 Å². The van der Waals surface area contributed by atoms with E-state index in [1.165, 1.54) is 25.9 Å². The Balaban J connectivity index is 1.78. The molecule has 2 heterocycles. The van der Waals surface area contributed by atoms with E-state index >= 15 is 0 Å². The van der Waals surface area contributed by atoms with Crippen LogP contribution in [0.25, 0.3) is 0 Å². The highest BCUT2D eigenvalue weighted by molar-refractivity contribution is 5.79. The number of nitrogens with one attached hydrogen (secondary N) is 2. The Morgan fingerprint density at radius 2 is 2.00 bits per heavy atom. The molecule has 0 aliphatic carbocycles. The van der Waals surface area contributed by atoms with Crippen molar-refractivity contribution < 1.29 is 4.79 Å². The van der Waals surface area contributed by atoms with Crippen LogP contribution in [-0.2, 0) is 4.79 Å². The van der Waals surface area contributed by atoms with Crippen LogP contribution in [0.3, 0.4) is 0 Å². The molecular weight excluding hydrogens is 238 g/mol. The van der Waals surface area contributed by atoms with Crippen molar-refractivity contribution in [1.29, 1.82) is 0 Å². The fourth-order valence-electron chi connectivity index (χ4n) is 3.27. The van der Waals surface area contributed by atoms with E-state index in [0.29, 0.717) is 0 Å². The largest absolute Gasteiger partial charge is 0.355 e. The van der Waals surface area contributed by atoms with E-state index in [4.69, 9.17) is 0 Å². The molecule has 0 aromatic heterocycles. The van der Waals surface area contributed by atoms with Crippen LogP contribution >= 0.6 is 0 Å². The molecule has 0 saturated carbocycles. The molecule has 2 aliphatic rings. The minimum Gasteiger partial charge on any atom is -0.355 e. The van der Waals surface area contributed by atoms with Crippen LogP contribution in [0.1, 0.15) is 33.1 Å². The van der Waals surface area contributed by atoms with Gasteiger partial charge in [-0.25, -0.2) is 0 Å². The molecular formula is C15H29N3O. The standard InChI is InChI=1S/C15H29N3O/c1-15(2,13-5-8-18(3)9-6-13)11-17-14(19)12-4-7-16-10-12/h12-13,16H,4-11H2,1-3H3,(H,17,19). The van der Waals surface area contributed by atoms with Gasteiger partial charge in [-0.05, 0) is 57.3 Å². The van der Waals surface area contributed by atoms with Gasteiger partial charge in [0.2, 0.25) is 5.91 Å². The van der Waals surface area contributed by atoms with Crippen LogP contribution in [0.4, 0.5) is 0 Å². The van der Waals surface area contributed by atoms with Crippen molar-refractivity contribution in [3.8, 4) is 0 Å². The van der Waals surface area contributed by atoms with Gasteiger partial charge in [0.25, 0.3) is 0 Å². The highest BCUT2D eigenvalue weighted by Gasteiger charge is 2.33. The summed E-state index contributed by atoms with van der Waals surface area (Å²) in [5.41, 5.74) is 0.211. The third-order valence-electron chi connectivity index (χ3n) is 4.97. The molecule has 2 fully saturated rings. The van der Waals surface area contributed by atoms with E-state index < -0.39 is 0 Å². The van der Waals surface area contributed by atoms with Crippen molar-refractivity contribution in [2.24, 2.45) is 17.3 Å². The van der Waals surface area contributed by atoms with Gasteiger partial charge in [-0.3, -0.25) is 4.79 Å². The summed E-state index contributed by atoms with van der Waals surface area (Å²) in [4.78, 5) is 14.5. The second-order valence-electron chi connectivity index (χ2n) is 6.97. The summed E-state index contributed by atoms with van der Waals surface area (Å²) in [6, 6.07) is 0. The summed E-state index contributed by atoms with van der Waals surface area (Å²) in [5, 5.41) is 6.43. The average Bonchev–Trinajstić information content (AvgIpc) is 2.90. The molecule has 110 valence electrons. The Labute approximate surface area is 117 Å². The second-order valence-corrected chi connectivity index (χ2v) is 6.97. The van der Waals surface area contributed by atoms with Crippen LogP contribution in [0, 0.1) is 17.3 Å². The van der Waals surface area contributed by atoms with E-state index in [2.05, 4.69) is 36.4 Å². The zero-order chi connectivity index (χ0) is 13.9. The van der Waals surface area contributed by atoms with Crippen LogP contribution < -0.4 is 10.6 Å². The van der Waals surface area contributed by atoms with Gasteiger partial charge in [0.05, 0.1) is 5.92 Å². The van der Waals surface area contributed by atoms with E-state index in [1.54, 1.807) is 0 Å². The lowest BCUT2D eigenvalue weighted by molar-refractivity contribution is -0.125. The summed E-state index contributed by atoms with van der Waals surface area (Å²) in [6.07, 6.45) is 3.50. The molecule has 2 N–H and O–H groups in total. The van der Waals surface area contributed by atoms with Crippen LogP contribution in [0.15, 0.2) is 0 Å². The monoisotopic (exact) mass is 267 g/mol. The first-order chi connectivity index (χ1) is 8.99. The summed E-state index contributed by atoms with van der Waals surface area (Å²) in [7, 11) is 2.19. The summed E-state index contributed by atoms with van der Waals surface area (Å²) >= 11 is 0. The Kier molecular flexibility index (Phi) is 4.85. The molecule has 1 amide bonds. The number of amides is 1. The predicted octanol–water partition coefficient (Wildman–Crippen LogP) is 1.08. The second kappa shape index (κ2) is 6.23. The molecule has 0 spiro atoms. The van der Waals surface area contributed by atoms with Gasteiger partial charge in [-0.1, -0.05) is 13.8 Å². The van der Waals surface area contributed by atoms with Crippen LogP contribution in [0.2, 0.25) is 0 Å². The SMILES string of the molecule is CN1CCC(C(C)(C)CNC(=O)C2CCNC2)CC1. The first-order valence-corrected chi connectivity index (χ1v) is 7.66. The molecule has 19 heavy (non-hydrogen) atoms.